The molecular weight excluding hydrogens is 162 g/mol. The molecule has 13 heavy (non-hydrogen) atoms. The maximum absolute atomic E-state index is 11.6. The minimum absolute atomic E-state index is 0.0531. The van der Waals surface area contributed by atoms with Gasteiger partial charge in [0.05, 0.1) is 0 Å². The molecule has 0 aromatic carbocycles. The van der Waals surface area contributed by atoms with Crippen LogP contribution in [0.4, 0.5) is 0 Å². The molecule has 0 heterocycles. The van der Waals surface area contributed by atoms with Gasteiger partial charge in [-0.15, -0.1) is 0 Å². The Bertz CT molecular complexity index is 169. The van der Waals surface area contributed by atoms with Gasteiger partial charge in [-0.05, 0) is 18.8 Å². The number of rotatable bonds is 3. The number of hydrogen-bond acceptors (Lipinski definition) is 1. The molecule has 0 radical (unpaired) electrons. The fraction of sp³-hybridized carbons (Fsp3) is 0.909. The van der Waals surface area contributed by atoms with Crippen LogP contribution in [0.1, 0.15) is 48.0 Å². The molecule has 0 saturated carbocycles. The molecule has 0 aromatic heterocycles. The van der Waals surface area contributed by atoms with E-state index in [1.807, 2.05) is 13.8 Å². The number of hydrogen-bond donors (Lipinski definition) is 1. The molecule has 0 bridgehead atoms. The fourth-order valence-corrected chi connectivity index (χ4v) is 0.863. The molecule has 78 valence electrons. The summed E-state index contributed by atoms with van der Waals surface area (Å²) >= 11 is 0. The van der Waals surface area contributed by atoms with Crippen LogP contribution in [-0.4, -0.2) is 11.9 Å². The van der Waals surface area contributed by atoms with Crippen molar-refractivity contribution in [1.29, 1.82) is 0 Å². The maximum Gasteiger partial charge on any atom is 0.223 e. The molecule has 1 N–H and O–H groups in total. The van der Waals surface area contributed by atoms with Crippen molar-refractivity contribution in [2.45, 2.75) is 54.0 Å². The topological polar surface area (TPSA) is 29.1 Å². The van der Waals surface area contributed by atoms with Crippen LogP contribution in [0.5, 0.6) is 0 Å². The van der Waals surface area contributed by atoms with E-state index < -0.39 is 0 Å². The number of nitrogens with one attached hydrogen (secondary N) is 1. The van der Waals surface area contributed by atoms with Gasteiger partial charge in [0.25, 0.3) is 0 Å². The Balaban J connectivity index is 4.12. The molecule has 0 saturated heterocycles. The first-order valence-electron chi connectivity index (χ1n) is 5.09. The Kier molecular flexibility index (Phi) is 4.45. The summed E-state index contributed by atoms with van der Waals surface area (Å²) in [5.74, 6) is 0.239. The van der Waals surface area contributed by atoms with Crippen molar-refractivity contribution in [2.24, 2.45) is 11.3 Å². The Morgan fingerprint density at radius 2 is 1.77 bits per heavy atom. The smallest absolute Gasteiger partial charge is 0.223 e. The highest BCUT2D eigenvalue weighted by atomic mass is 16.1. The zero-order chi connectivity index (χ0) is 10.6. The van der Waals surface area contributed by atoms with Crippen molar-refractivity contribution in [3.8, 4) is 0 Å². The number of carbonyl (C=O) groups excluding carboxylic acids is 1. The predicted octanol–water partition coefficient (Wildman–Crippen LogP) is 2.58. The summed E-state index contributed by atoms with van der Waals surface area (Å²) in [6, 6.07) is 0.289. The van der Waals surface area contributed by atoms with Crippen LogP contribution in [0, 0.1) is 11.3 Å². The number of amides is 1. The van der Waals surface area contributed by atoms with Crippen molar-refractivity contribution in [2.75, 3.05) is 0 Å². The molecule has 2 nitrogen and oxygen atoms in total. The van der Waals surface area contributed by atoms with E-state index in [0.717, 1.165) is 6.42 Å². The standard InChI is InChI=1S/C11H23NO/c1-7-8(2)12-10(13)9(3)11(4,5)6/h8-9H,7H2,1-6H3,(H,12,13)/t8-,9+/m0/s1. The molecule has 0 rings (SSSR count). The summed E-state index contributed by atoms with van der Waals surface area (Å²) in [4.78, 5) is 11.6. The molecule has 0 aromatic rings. The largest absolute Gasteiger partial charge is 0.353 e. The van der Waals surface area contributed by atoms with E-state index in [0.29, 0.717) is 0 Å². The SMILES string of the molecule is CC[C@H](C)NC(=O)[C@@H](C)C(C)(C)C. The van der Waals surface area contributed by atoms with Crippen LogP contribution in [-0.2, 0) is 4.79 Å². The first-order valence-corrected chi connectivity index (χ1v) is 5.09. The molecule has 0 fully saturated rings. The molecular formula is C11H23NO. The lowest BCUT2D eigenvalue weighted by atomic mass is 9.81. The van der Waals surface area contributed by atoms with Crippen LogP contribution < -0.4 is 5.32 Å². The monoisotopic (exact) mass is 185 g/mol. The predicted molar refractivity (Wildman–Crippen MR) is 56.5 cm³/mol. The average molecular weight is 185 g/mol. The van der Waals surface area contributed by atoms with Gasteiger partial charge in [0.2, 0.25) is 5.91 Å². The minimum atomic E-state index is 0.0531. The van der Waals surface area contributed by atoms with Gasteiger partial charge >= 0.3 is 0 Å². The van der Waals surface area contributed by atoms with Gasteiger partial charge in [0, 0.05) is 12.0 Å². The number of carbonyl (C=O) groups is 1. The zero-order valence-corrected chi connectivity index (χ0v) is 9.77. The van der Waals surface area contributed by atoms with E-state index in [1.165, 1.54) is 0 Å². The third kappa shape index (κ3) is 4.30. The maximum atomic E-state index is 11.6. The first kappa shape index (κ1) is 12.5. The fourth-order valence-electron chi connectivity index (χ4n) is 0.863. The van der Waals surface area contributed by atoms with E-state index in [1.54, 1.807) is 0 Å². The van der Waals surface area contributed by atoms with E-state index in [9.17, 15) is 4.79 Å². The first-order chi connectivity index (χ1) is 5.79. The van der Waals surface area contributed by atoms with Gasteiger partial charge in [-0.2, -0.15) is 0 Å². The van der Waals surface area contributed by atoms with Crippen LogP contribution in [0.15, 0.2) is 0 Å². The van der Waals surface area contributed by atoms with E-state index in [-0.39, 0.29) is 23.3 Å². The van der Waals surface area contributed by atoms with Crippen molar-refractivity contribution in [3.63, 3.8) is 0 Å². The van der Waals surface area contributed by atoms with Crippen LogP contribution >= 0.6 is 0 Å². The summed E-state index contributed by atoms with van der Waals surface area (Å²) < 4.78 is 0. The Morgan fingerprint density at radius 1 is 1.31 bits per heavy atom. The highest BCUT2D eigenvalue weighted by Crippen LogP contribution is 2.25. The van der Waals surface area contributed by atoms with Gasteiger partial charge < -0.3 is 5.32 Å². The van der Waals surface area contributed by atoms with E-state index in [2.05, 4.69) is 33.0 Å². The summed E-state index contributed by atoms with van der Waals surface area (Å²) in [6.07, 6.45) is 0.989. The van der Waals surface area contributed by atoms with Gasteiger partial charge in [-0.25, -0.2) is 0 Å². The molecule has 0 aliphatic carbocycles. The summed E-state index contributed by atoms with van der Waals surface area (Å²) in [6.45, 7) is 12.4. The zero-order valence-electron chi connectivity index (χ0n) is 9.77. The Labute approximate surface area is 82.1 Å². The Morgan fingerprint density at radius 3 is 2.08 bits per heavy atom. The van der Waals surface area contributed by atoms with E-state index >= 15 is 0 Å². The van der Waals surface area contributed by atoms with Crippen molar-refractivity contribution in [1.82, 2.24) is 5.32 Å². The molecule has 2 heteroatoms. The van der Waals surface area contributed by atoms with Gasteiger partial charge in [-0.1, -0.05) is 34.6 Å². The second-order valence-electron chi connectivity index (χ2n) is 4.91. The normalized spacial score (nSPS) is 16.5. The van der Waals surface area contributed by atoms with Crippen molar-refractivity contribution < 1.29 is 4.79 Å². The second kappa shape index (κ2) is 4.64. The van der Waals surface area contributed by atoms with Crippen LogP contribution in [0.2, 0.25) is 0 Å². The molecule has 0 spiro atoms. The van der Waals surface area contributed by atoms with Crippen molar-refractivity contribution >= 4 is 5.91 Å². The average Bonchev–Trinajstić information content (AvgIpc) is 2.01. The van der Waals surface area contributed by atoms with Gasteiger partial charge in [-0.3, -0.25) is 4.79 Å². The lowest BCUT2D eigenvalue weighted by molar-refractivity contribution is -0.128. The van der Waals surface area contributed by atoms with Gasteiger partial charge in [0.1, 0.15) is 0 Å². The quantitative estimate of drug-likeness (QED) is 0.719. The molecule has 1 amide bonds. The second-order valence-corrected chi connectivity index (χ2v) is 4.91. The third-order valence-electron chi connectivity index (χ3n) is 2.69. The summed E-state index contributed by atoms with van der Waals surface area (Å²) in [5.41, 5.74) is 0.0531. The van der Waals surface area contributed by atoms with Crippen molar-refractivity contribution in [3.05, 3.63) is 0 Å². The Hall–Kier alpha value is -0.530. The molecule has 0 unspecified atom stereocenters. The molecule has 2 atom stereocenters. The lowest BCUT2D eigenvalue weighted by Gasteiger charge is -2.27. The highest BCUT2D eigenvalue weighted by Gasteiger charge is 2.26. The third-order valence-corrected chi connectivity index (χ3v) is 2.69. The molecule has 0 aliphatic heterocycles. The summed E-state index contributed by atoms with van der Waals surface area (Å²) in [5, 5.41) is 3.00. The summed E-state index contributed by atoms with van der Waals surface area (Å²) in [7, 11) is 0. The van der Waals surface area contributed by atoms with E-state index in [4.69, 9.17) is 0 Å². The van der Waals surface area contributed by atoms with Crippen LogP contribution in [0.3, 0.4) is 0 Å². The molecule has 0 aliphatic rings. The van der Waals surface area contributed by atoms with Crippen LogP contribution in [0.25, 0.3) is 0 Å². The van der Waals surface area contributed by atoms with Gasteiger partial charge in [0.15, 0.2) is 0 Å². The highest BCUT2D eigenvalue weighted by molar-refractivity contribution is 5.79. The minimum Gasteiger partial charge on any atom is -0.353 e. The lowest BCUT2D eigenvalue weighted by Crippen LogP contribution is -2.40.